The summed E-state index contributed by atoms with van der Waals surface area (Å²) in [6.07, 6.45) is 2.05. The third-order valence-electron chi connectivity index (χ3n) is 3.03. The van der Waals surface area contributed by atoms with Crippen LogP contribution in [0.5, 0.6) is 0 Å². The van der Waals surface area contributed by atoms with E-state index >= 15 is 0 Å². The summed E-state index contributed by atoms with van der Waals surface area (Å²) >= 11 is 17.9. The van der Waals surface area contributed by atoms with Crippen LogP contribution in [0.25, 0.3) is 0 Å². The van der Waals surface area contributed by atoms with Crippen LogP contribution in [-0.2, 0) is 0 Å². The van der Waals surface area contributed by atoms with Crippen molar-refractivity contribution in [3.63, 3.8) is 0 Å². The third-order valence-corrected chi connectivity index (χ3v) is 3.85. The molecule has 1 aromatic rings. The number of hydrogen-bond acceptors (Lipinski definition) is 1. The number of nitrogens with zero attached hydrogens (tertiary/aromatic N) is 1. The van der Waals surface area contributed by atoms with Crippen LogP contribution < -0.4 is 0 Å². The molecule has 0 spiro atoms. The van der Waals surface area contributed by atoms with Crippen LogP contribution in [0.4, 0.5) is 0 Å². The van der Waals surface area contributed by atoms with Crippen molar-refractivity contribution >= 4 is 40.7 Å². The number of carbonyl (C=O) groups excluding carboxylic acids is 1. The van der Waals surface area contributed by atoms with Crippen LogP contribution in [-0.4, -0.2) is 23.4 Å². The Labute approximate surface area is 115 Å². The van der Waals surface area contributed by atoms with E-state index in [-0.39, 0.29) is 11.9 Å². The lowest BCUT2D eigenvalue weighted by Gasteiger charge is -2.22. The summed E-state index contributed by atoms with van der Waals surface area (Å²) in [7, 11) is 0. The summed E-state index contributed by atoms with van der Waals surface area (Å²) < 4.78 is 0. The Hall–Kier alpha value is -0.440. The Balaban J connectivity index is 2.37. The Morgan fingerprint density at radius 1 is 1.29 bits per heavy atom. The molecule has 2 rings (SSSR count). The van der Waals surface area contributed by atoms with Gasteiger partial charge in [0.15, 0.2) is 0 Å². The lowest BCUT2D eigenvalue weighted by atomic mass is 10.1. The molecule has 1 aromatic carbocycles. The zero-order chi connectivity index (χ0) is 12.6. The minimum absolute atomic E-state index is 0.110. The number of carbonyl (C=O) groups is 1. The molecule has 1 aliphatic rings. The van der Waals surface area contributed by atoms with Crippen LogP contribution in [0.2, 0.25) is 15.1 Å². The highest BCUT2D eigenvalue weighted by Crippen LogP contribution is 2.31. The largest absolute Gasteiger partial charge is 0.336 e. The molecule has 0 saturated carbocycles. The van der Waals surface area contributed by atoms with Gasteiger partial charge in [-0.2, -0.15) is 0 Å². The minimum atomic E-state index is -0.110. The molecule has 1 amide bonds. The molecule has 1 fully saturated rings. The summed E-state index contributed by atoms with van der Waals surface area (Å²) in [5.74, 6) is -0.110. The van der Waals surface area contributed by atoms with Crippen molar-refractivity contribution in [2.75, 3.05) is 6.54 Å². The van der Waals surface area contributed by atoms with Crippen LogP contribution >= 0.6 is 34.8 Å². The molecule has 0 aliphatic carbocycles. The number of amides is 1. The van der Waals surface area contributed by atoms with Crippen LogP contribution in [0, 0.1) is 0 Å². The van der Waals surface area contributed by atoms with E-state index in [0.717, 1.165) is 19.4 Å². The first-order valence-electron chi connectivity index (χ1n) is 5.46. The second kappa shape index (κ2) is 5.05. The second-order valence-corrected chi connectivity index (χ2v) is 5.49. The van der Waals surface area contributed by atoms with E-state index < -0.39 is 0 Å². The first-order valence-corrected chi connectivity index (χ1v) is 6.59. The van der Waals surface area contributed by atoms with Gasteiger partial charge in [0.25, 0.3) is 5.91 Å². The highest BCUT2D eigenvalue weighted by Gasteiger charge is 2.28. The van der Waals surface area contributed by atoms with Crippen molar-refractivity contribution < 1.29 is 4.79 Å². The summed E-state index contributed by atoms with van der Waals surface area (Å²) in [4.78, 5) is 14.1. The predicted molar refractivity (Wildman–Crippen MR) is 71.2 cm³/mol. The van der Waals surface area contributed by atoms with E-state index in [4.69, 9.17) is 34.8 Å². The van der Waals surface area contributed by atoms with Crippen LogP contribution in [0.3, 0.4) is 0 Å². The van der Waals surface area contributed by atoms with Gasteiger partial charge in [0.1, 0.15) is 0 Å². The lowest BCUT2D eigenvalue weighted by molar-refractivity contribution is 0.0748. The van der Waals surface area contributed by atoms with E-state index in [0.29, 0.717) is 20.6 Å². The normalized spacial score (nSPS) is 19.8. The summed E-state index contributed by atoms with van der Waals surface area (Å²) in [5.41, 5.74) is 0.353. The molecule has 1 aliphatic heterocycles. The quantitative estimate of drug-likeness (QED) is 0.757. The third kappa shape index (κ3) is 2.54. The Kier molecular flexibility index (Phi) is 3.86. The fourth-order valence-corrected chi connectivity index (χ4v) is 3.10. The molecular formula is C12H12Cl3NO. The molecule has 0 aromatic heterocycles. The molecule has 1 saturated heterocycles. The van der Waals surface area contributed by atoms with Crippen molar-refractivity contribution in [3.8, 4) is 0 Å². The molecule has 1 heterocycles. The zero-order valence-corrected chi connectivity index (χ0v) is 11.6. The maximum absolute atomic E-state index is 12.3. The molecule has 92 valence electrons. The minimum Gasteiger partial charge on any atom is -0.336 e. The fourth-order valence-electron chi connectivity index (χ4n) is 2.13. The fraction of sp³-hybridized carbons (Fsp3) is 0.417. The maximum atomic E-state index is 12.3. The highest BCUT2D eigenvalue weighted by atomic mass is 35.5. The van der Waals surface area contributed by atoms with Gasteiger partial charge >= 0.3 is 0 Å². The van der Waals surface area contributed by atoms with Gasteiger partial charge in [-0.3, -0.25) is 4.79 Å². The monoisotopic (exact) mass is 291 g/mol. The van der Waals surface area contributed by atoms with Gasteiger partial charge in [0, 0.05) is 17.6 Å². The van der Waals surface area contributed by atoms with E-state index in [9.17, 15) is 4.79 Å². The molecule has 0 N–H and O–H groups in total. The van der Waals surface area contributed by atoms with E-state index in [2.05, 4.69) is 0 Å². The zero-order valence-electron chi connectivity index (χ0n) is 9.34. The summed E-state index contributed by atoms with van der Waals surface area (Å²) in [6, 6.07) is 3.33. The van der Waals surface area contributed by atoms with Gasteiger partial charge in [-0.05, 0) is 31.9 Å². The van der Waals surface area contributed by atoms with Crippen LogP contribution in [0.15, 0.2) is 12.1 Å². The molecular weight excluding hydrogens is 280 g/mol. The van der Waals surface area contributed by atoms with Gasteiger partial charge in [0.05, 0.1) is 15.6 Å². The average Bonchev–Trinajstić information content (AvgIpc) is 2.62. The molecule has 2 nitrogen and oxygen atoms in total. The number of likely N-dealkylation sites (tertiary alicyclic amines) is 1. The topological polar surface area (TPSA) is 20.3 Å². The number of rotatable bonds is 1. The summed E-state index contributed by atoms with van der Waals surface area (Å²) in [6.45, 7) is 2.79. The Morgan fingerprint density at radius 3 is 2.35 bits per heavy atom. The summed E-state index contributed by atoms with van der Waals surface area (Å²) in [5, 5.41) is 1.06. The second-order valence-electron chi connectivity index (χ2n) is 4.23. The molecule has 5 heteroatoms. The lowest BCUT2D eigenvalue weighted by Crippen LogP contribution is -2.34. The van der Waals surface area contributed by atoms with Crippen molar-refractivity contribution in [1.82, 2.24) is 4.90 Å². The van der Waals surface area contributed by atoms with E-state index in [1.807, 2.05) is 6.92 Å². The van der Waals surface area contributed by atoms with Gasteiger partial charge in [-0.15, -0.1) is 0 Å². The molecule has 17 heavy (non-hydrogen) atoms. The number of hydrogen-bond donors (Lipinski definition) is 0. The first-order chi connectivity index (χ1) is 8.00. The smallest absolute Gasteiger partial charge is 0.257 e. The molecule has 1 unspecified atom stereocenters. The van der Waals surface area contributed by atoms with Crippen molar-refractivity contribution in [2.45, 2.75) is 25.8 Å². The van der Waals surface area contributed by atoms with Crippen molar-refractivity contribution in [2.24, 2.45) is 0 Å². The predicted octanol–water partition coefficient (Wildman–Crippen LogP) is 4.27. The Morgan fingerprint density at radius 2 is 1.88 bits per heavy atom. The average molecular weight is 293 g/mol. The highest BCUT2D eigenvalue weighted by molar-refractivity contribution is 6.42. The SMILES string of the molecule is CC1CCCN1C(=O)c1c(Cl)cc(Cl)cc1Cl. The van der Waals surface area contributed by atoms with E-state index in [1.54, 1.807) is 17.0 Å². The number of halogens is 3. The first kappa shape index (κ1) is 13.0. The maximum Gasteiger partial charge on any atom is 0.257 e. The molecule has 0 radical (unpaired) electrons. The standard InChI is InChI=1S/C12H12Cl3NO/c1-7-3-2-4-16(7)12(17)11-9(14)5-8(13)6-10(11)15/h5-7H,2-4H2,1H3. The molecule has 1 atom stereocenters. The van der Waals surface area contributed by atoms with Gasteiger partial charge in [-0.25, -0.2) is 0 Å². The molecule has 0 bridgehead atoms. The van der Waals surface area contributed by atoms with Crippen LogP contribution in [0.1, 0.15) is 30.1 Å². The van der Waals surface area contributed by atoms with E-state index in [1.165, 1.54) is 0 Å². The van der Waals surface area contributed by atoms with Crippen molar-refractivity contribution in [3.05, 3.63) is 32.8 Å². The number of benzene rings is 1. The van der Waals surface area contributed by atoms with Gasteiger partial charge in [0.2, 0.25) is 0 Å². The Bertz CT molecular complexity index is 438. The van der Waals surface area contributed by atoms with Gasteiger partial charge < -0.3 is 4.90 Å². The van der Waals surface area contributed by atoms with Gasteiger partial charge in [-0.1, -0.05) is 34.8 Å². The van der Waals surface area contributed by atoms with Crippen molar-refractivity contribution in [1.29, 1.82) is 0 Å².